The lowest BCUT2D eigenvalue weighted by Gasteiger charge is -2.28. The largest absolute Gasteiger partial charge is 0.497 e. The third kappa shape index (κ3) is 3.62. The number of dihydropyridines is 1. The van der Waals surface area contributed by atoms with Crippen molar-refractivity contribution in [3.8, 4) is 5.75 Å². The number of rotatable bonds is 2. The maximum absolute atomic E-state index is 5.22. The van der Waals surface area contributed by atoms with Crippen molar-refractivity contribution in [2.24, 2.45) is 4.99 Å². The molecular weight excluding hydrogens is 248 g/mol. The van der Waals surface area contributed by atoms with Crippen molar-refractivity contribution in [1.29, 1.82) is 0 Å². The van der Waals surface area contributed by atoms with Crippen molar-refractivity contribution in [1.82, 2.24) is 5.32 Å². The van der Waals surface area contributed by atoms with Gasteiger partial charge in [-0.15, -0.1) is 0 Å². The molecule has 20 heavy (non-hydrogen) atoms. The van der Waals surface area contributed by atoms with E-state index in [1.165, 1.54) is 11.1 Å². The minimum atomic E-state index is 0.00144. The highest BCUT2D eigenvalue weighted by Crippen LogP contribution is 2.24. The Kier molecular flexibility index (Phi) is 4.17. The second kappa shape index (κ2) is 5.70. The van der Waals surface area contributed by atoms with Gasteiger partial charge in [0, 0.05) is 11.1 Å². The topological polar surface area (TPSA) is 33.6 Å². The van der Waals surface area contributed by atoms with Gasteiger partial charge in [0.2, 0.25) is 0 Å². The molecule has 1 unspecified atom stereocenters. The molecule has 0 fully saturated rings. The summed E-state index contributed by atoms with van der Waals surface area (Å²) in [7, 11) is 1.69. The molecule has 108 valence electrons. The Bertz CT molecular complexity index is 521. The van der Waals surface area contributed by atoms with E-state index in [4.69, 9.17) is 9.73 Å². The lowest BCUT2D eigenvalue weighted by Crippen LogP contribution is -2.42. The van der Waals surface area contributed by atoms with E-state index in [0.29, 0.717) is 6.04 Å². The Morgan fingerprint density at radius 1 is 1.20 bits per heavy atom. The molecular formula is C17H24N2O. The summed E-state index contributed by atoms with van der Waals surface area (Å²) in [6, 6.07) is 8.48. The van der Waals surface area contributed by atoms with Crippen LogP contribution in [0.25, 0.3) is 5.57 Å². The molecule has 0 aromatic heterocycles. The second-order valence-corrected chi connectivity index (χ2v) is 6.28. The fraction of sp³-hybridized carbons (Fsp3) is 0.471. The summed E-state index contributed by atoms with van der Waals surface area (Å²) in [4.78, 5) is 4.77. The van der Waals surface area contributed by atoms with Crippen molar-refractivity contribution < 1.29 is 4.74 Å². The highest BCUT2D eigenvalue weighted by molar-refractivity contribution is 6.23. The minimum absolute atomic E-state index is 0.00144. The van der Waals surface area contributed by atoms with Crippen LogP contribution >= 0.6 is 0 Å². The van der Waals surface area contributed by atoms with E-state index in [9.17, 15) is 0 Å². The Balaban J connectivity index is 2.30. The van der Waals surface area contributed by atoms with Crippen LogP contribution < -0.4 is 10.1 Å². The molecule has 0 amide bonds. The summed E-state index contributed by atoms with van der Waals surface area (Å²) >= 11 is 0. The van der Waals surface area contributed by atoms with Gasteiger partial charge < -0.3 is 10.1 Å². The van der Waals surface area contributed by atoms with E-state index in [2.05, 4.69) is 51.2 Å². The molecule has 1 aromatic rings. The van der Waals surface area contributed by atoms with Gasteiger partial charge in [0.25, 0.3) is 0 Å². The molecule has 0 spiro atoms. The standard InChI is InChI=1S/C17H24N2O/c1-12-6-11-15(16(18-12)19-17(2,3)4)13-7-9-14(20-5)10-8-13/h7-12H,6H2,1-5H3,(H,18,19). The lowest BCUT2D eigenvalue weighted by atomic mass is 9.97. The number of benzene rings is 1. The van der Waals surface area contributed by atoms with Gasteiger partial charge in [-0.2, -0.15) is 0 Å². The molecule has 3 heteroatoms. The number of methoxy groups -OCH3 is 1. The number of ether oxygens (including phenoxy) is 1. The Morgan fingerprint density at radius 3 is 2.40 bits per heavy atom. The average Bonchev–Trinajstić information content (AvgIpc) is 2.37. The third-order valence-electron chi connectivity index (χ3n) is 3.16. The number of hydrogen-bond donors (Lipinski definition) is 1. The van der Waals surface area contributed by atoms with E-state index in [1.54, 1.807) is 7.11 Å². The van der Waals surface area contributed by atoms with Crippen LogP contribution in [-0.4, -0.2) is 24.5 Å². The van der Waals surface area contributed by atoms with Crippen LogP contribution in [0, 0.1) is 0 Å². The second-order valence-electron chi connectivity index (χ2n) is 6.28. The van der Waals surface area contributed by atoms with Crippen molar-refractivity contribution in [2.45, 2.75) is 45.7 Å². The van der Waals surface area contributed by atoms with E-state index in [1.807, 2.05) is 12.1 Å². The van der Waals surface area contributed by atoms with Crippen LogP contribution in [-0.2, 0) is 0 Å². The van der Waals surface area contributed by atoms with Crippen LogP contribution in [0.15, 0.2) is 35.3 Å². The van der Waals surface area contributed by atoms with Crippen molar-refractivity contribution in [3.63, 3.8) is 0 Å². The summed E-state index contributed by atoms with van der Waals surface area (Å²) in [5, 5.41) is 3.52. The van der Waals surface area contributed by atoms with Crippen LogP contribution in [0.4, 0.5) is 0 Å². The normalized spacial score (nSPS) is 19.1. The van der Waals surface area contributed by atoms with E-state index in [-0.39, 0.29) is 5.54 Å². The van der Waals surface area contributed by atoms with Crippen molar-refractivity contribution in [2.75, 3.05) is 7.11 Å². The molecule has 1 atom stereocenters. The molecule has 3 nitrogen and oxygen atoms in total. The van der Waals surface area contributed by atoms with Gasteiger partial charge in [-0.25, -0.2) is 0 Å². The molecule has 0 saturated carbocycles. The molecule has 0 aliphatic carbocycles. The molecule has 0 saturated heterocycles. The van der Waals surface area contributed by atoms with E-state index >= 15 is 0 Å². The fourth-order valence-electron chi connectivity index (χ4n) is 2.21. The SMILES string of the molecule is COc1ccc(C2=CCC(C)N=C2NC(C)(C)C)cc1. The maximum atomic E-state index is 5.22. The number of aliphatic imine (C=N–C) groups is 1. The first kappa shape index (κ1) is 14.6. The lowest BCUT2D eigenvalue weighted by molar-refractivity contribution is 0.415. The Morgan fingerprint density at radius 2 is 1.85 bits per heavy atom. The zero-order valence-electron chi connectivity index (χ0n) is 13.0. The van der Waals surface area contributed by atoms with Gasteiger partial charge in [0.15, 0.2) is 0 Å². The van der Waals surface area contributed by atoms with Gasteiger partial charge >= 0.3 is 0 Å². The highest BCUT2D eigenvalue weighted by Gasteiger charge is 2.20. The molecule has 1 aliphatic rings. The zero-order valence-corrected chi connectivity index (χ0v) is 13.0. The molecule has 1 aliphatic heterocycles. The van der Waals surface area contributed by atoms with Crippen LogP contribution in [0.5, 0.6) is 5.75 Å². The fourth-order valence-corrected chi connectivity index (χ4v) is 2.21. The monoisotopic (exact) mass is 272 g/mol. The molecule has 0 bridgehead atoms. The Hall–Kier alpha value is -1.77. The van der Waals surface area contributed by atoms with Crippen LogP contribution in [0.1, 0.15) is 39.7 Å². The van der Waals surface area contributed by atoms with Gasteiger partial charge in [-0.05, 0) is 51.8 Å². The quantitative estimate of drug-likeness (QED) is 0.891. The molecule has 0 radical (unpaired) electrons. The number of nitrogens with one attached hydrogen (secondary N) is 1. The van der Waals surface area contributed by atoms with Crippen LogP contribution in [0.2, 0.25) is 0 Å². The first-order valence-corrected chi connectivity index (χ1v) is 7.10. The highest BCUT2D eigenvalue weighted by atomic mass is 16.5. The summed E-state index contributed by atoms with van der Waals surface area (Å²) in [6.07, 6.45) is 3.25. The van der Waals surface area contributed by atoms with Gasteiger partial charge in [0.1, 0.15) is 11.6 Å². The maximum Gasteiger partial charge on any atom is 0.129 e. The Labute approximate surface area is 121 Å². The van der Waals surface area contributed by atoms with E-state index < -0.39 is 0 Å². The van der Waals surface area contributed by atoms with Gasteiger partial charge in [0.05, 0.1) is 13.2 Å². The predicted molar refractivity (Wildman–Crippen MR) is 85.4 cm³/mol. The molecule has 2 rings (SSSR count). The van der Waals surface area contributed by atoms with Gasteiger partial charge in [-0.3, -0.25) is 4.99 Å². The first-order chi connectivity index (χ1) is 9.39. The van der Waals surface area contributed by atoms with E-state index in [0.717, 1.165) is 18.0 Å². The smallest absolute Gasteiger partial charge is 0.129 e. The summed E-state index contributed by atoms with van der Waals surface area (Å²) < 4.78 is 5.22. The third-order valence-corrected chi connectivity index (χ3v) is 3.16. The molecule has 1 N–H and O–H groups in total. The molecule has 1 heterocycles. The summed E-state index contributed by atoms with van der Waals surface area (Å²) in [5.74, 6) is 1.86. The average molecular weight is 272 g/mol. The summed E-state index contributed by atoms with van der Waals surface area (Å²) in [6.45, 7) is 8.60. The number of amidine groups is 1. The van der Waals surface area contributed by atoms with Gasteiger partial charge in [-0.1, -0.05) is 18.2 Å². The van der Waals surface area contributed by atoms with Crippen molar-refractivity contribution in [3.05, 3.63) is 35.9 Å². The predicted octanol–water partition coefficient (Wildman–Crippen LogP) is 3.66. The number of hydrogen-bond acceptors (Lipinski definition) is 3. The van der Waals surface area contributed by atoms with Crippen molar-refractivity contribution >= 4 is 11.4 Å². The minimum Gasteiger partial charge on any atom is -0.497 e. The van der Waals surface area contributed by atoms with Crippen LogP contribution in [0.3, 0.4) is 0 Å². The summed E-state index contributed by atoms with van der Waals surface area (Å²) in [5.41, 5.74) is 2.36. The zero-order chi connectivity index (χ0) is 14.8. The molecule has 1 aromatic carbocycles. The first-order valence-electron chi connectivity index (χ1n) is 7.10. The number of nitrogens with zero attached hydrogens (tertiary/aromatic N) is 1.